The third-order valence-corrected chi connectivity index (χ3v) is 4.73. The predicted molar refractivity (Wildman–Crippen MR) is 75.8 cm³/mol. The molecule has 0 aliphatic rings. The quantitative estimate of drug-likeness (QED) is 0.837. The van der Waals surface area contributed by atoms with Gasteiger partial charge in [0.05, 0.1) is 29.5 Å². The molecular weight excluding hydrogens is 304 g/mol. The zero-order chi connectivity index (χ0) is 14.8. The number of aromatic nitrogens is 1. The molecule has 108 valence electrons. The molecule has 2 aromatic rings. The molecule has 0 bridgehead atoms. The fourth-order valence-electron chi connectivity index (χ4n) is 1.48. The van der Waals surface area contributed by atoms with Gasteiger partial charge in [0.1, 0.15) is 5.75 Å². The van der Waals surface area contributed by atoms with E-state index in [1.807, 2.05) is 0 Å². The van der Waals surface area contributed by atoms with E-state index in [1.54, 1.807) is 18.2 Å². The highest BCUT2D eigenvalue weighted by atomic mass is 32.2. The molecule has 0 amide bonds. The number of ether oxygens (including phenoxy) is 1. The lowest BCUT2D eigenvalue weighted by molar-refractivity contribution is -0.136. The number of nitrogens with one attached hydrogen (secondary N) is 1. The number of aliphatic carboxylic acids is 1. The molecule has 20 heavy (non-hydrogen) atoms. The molecule has 0 saturated heterocycles. The summed E-state index contributed by atoms with van der Waals surface area (Å²) in [5.74, 6) is -0.993. The Morgan fingerprint density at radius 2 is 2.25 bits per heavy atom. The summed E-state index contributed by atoms with van der Waals surface area (Å²) in [5.41, 5.74) is 0.645. The van der Waals surface area contributed by atoms with Crippen LogP contribution in [0.3, 0.4) is 0 Å². The molecule has 1 heterocycles. The molecule has 2 rings (SSSR count). The first-order chi connectivity index (χ1) is 9.39. The van der Waals surface area contributed by atoms with Gasteiger partial charge in [0.15, 0.2) is 5.13 Å². The Morgan fingerprint density at radius 1 is 1.50 bits per heavy atom. The second-order valence-corrected chi connectivity index (χ2v) is 6.79. The van der Waals surface area contributed by atoms with Gasteiger partial charge < -0.3 is 9.84 Å². The molecule has 1 aromatic carbocycles. The monoisotopic (exact) mass is 316 g/mol. The summed E-state index contributed by atoms with van der Waals surface area (Å²) in [7, 11) is -2.17. The molecule has 0 saturated carbocycles. The zero-order valence-corrected chi connectivity index (χ0v) is 12.1. The summed E-state index contributed by atoms with van der Waals surface area (Å²) >= 11 is 1.16. The Labute approximate surface area is 119 Å². The minimum absolute atomic E-state index is 0.207. The van der Waals surface area contributed by atoms with Crippen LogP contribution in [0.4, 0.5) is 5.13 Å². The maximum atomic E-state index is 11.7. The summed E-state index contributed by atoms with van der Waals surface area (Å²) in [5, 5.41) is 8.70. The molecule has 7 nitrogen and oxygen atoms in total. The van der Waals surface area contributed by atoms with Crippen molar-refractivity contribution in [3.63, 3.8) is 0 Å². The summed E-state index contributed by atoms with van der Waals surface area (Å²) in [6, 6.07) is 5.20. The topological polar surface area (TPSA) is 106 Å². The second kappa shape index (κ2) is 5.63. The van der Waals surface area contributed by atoms with E-state index in [2.05, 4.69) is 9.71 Å². The number of hydrogen-bond donors (Lipinski definition) is 2. The molecule has 0 atom stereocenters. The summed E-state index contributed by atoms with van der Waals surface area (Å²) in [6.45, 7) is 0. The van der Waals surface area contributed by atoms with Crippen molar-refractivity contribution in [3.05, 3.63) is 18.2 Å². The van der Waals surface area contributed by atoms with Crippen LogP contribution in [-0.4, -0.2) is 37.3 Å². The van der Waals surface area contributed by atoms with Crippen molar-refractivity contribution in [2.75, 3.05) is 17.6 Å². The van der Waals surface area contributed by atoms with Gasteiger partial charge >= 0.3 is 5.97 Å². The maximum absolute atomic E-state index is 11.7. The lowest BCUT2D eigenvalue weighted by Gasteiger charge is -2.02. The fraction of sp³-hybridized carbons (Fsp3) is 0.273. The van der Waals surface area contributed by atoms with Crippen LogP contribution in [0.15, 0.2) is 18.2 Å². The summed E-state index contributed by atoms with van der Waals surface area (Å²) < 4.78 is 31.5. The number of carboxylic acids is 1. The Morgan fingerprint density at radius 3 is 2.90 bits per heavy atom. The number of carbonyl (C=O) groups is 1. The Bertz CT molecular complexity index is 738. The van der Waals surface area contributed by atoms with Gasteiger partial charge in [0.2, 0.25) is 10.0 Å². The van der Waals surface area contributed by atoms with Crippen LogP contribution >= 0.6 is 11.3 Å². The molecular formula is C11H12N2O5S2. The van der Waals surface area contributed by atoms with E-state index in [9.17, 15) is 13.2 Å². The number of anilines is 1. The Hall–Kier alpha value is -1.87. The van der Waals surface area contributed by atoms with Crippen LogP contribution in [0, 0.1) is 0 Å². The first kappa shape index (κ1) is 14.5. The van der Waals surface area contributed by atoms with Gasteiger partial charge in [-0.1, -0.05) is 11.3 Å². The van der Waals surface area contributed by atoms with Gasteiger partial charge in [0, 0.05) is 0 Å². The first-order valence-electron chi connectivity index (χ1n) is 5.56. The zero-order valence-electron chi connectivity index (χ0n) is 10.5. The normalized spacial score (nSPS) is 11.4. The van der Waals surface area contributed by atoms with E-state index in [4.69, 9.17) is 9.84 Å². The maximum Gasteiger partial charge on any atom is 0.304 e. The molecule has 0 aliphatic heterocycles. The highest BCUT2D eigenvalue weighted by Crippen LogP contribution is 2.29. The molecule has 9 heteroatoms. The predicted octanol–water partition coefficient (Wildman–Crippen LogP) is 1.52. The van der Waals surface area contributed by atoms with Gasteiger partial charge in [-0.3, -0.25) is 9.52 Å². The largest absolute Gasteiger partial charge is 0.497 e. The average Bonchev–Trinajstić information content (AvgIpc) is 2.76. The lowest BCUT2D eigenvalue weighted by Crippen LogP contribution is -2.18. The highest BCUT2D eigenvalue weighted by molar-refractivity contribution is 7.92. The number of thiazole rings is 1. The van der Waals surface area contributed by atoms with Gasteiger partial charge in [-0.15, -0.1) is 0 Å². The van der Waals surface area contributed by atoms with E-state index in [1.165, 1.54) is 7.11 Å². The van der Waals surface area contributed by atoms with E-state index in [-0.39, 0.29) is 5.13 Å². The van der Waals surface area contributed by atoms with Crippen molar-refractivity contribution in [1.82, 2.24) is 4.98 Å². The van der Waals surface area contributed by atoms with Gasteiger partial charge in [-0.25, -0.2) is 13.4 Å². The number of methoxy groups -OCH3 is 1. The van der Waals surface area contributed by atoms with Gasteiger partial charge in [-0.05, 0) is 18.2 Å². The average molecular weight is 316 g/mol. The van der Waals surface area contributed by atoms with E-state index < -0.39 is 28.2 Å². The number of rotatable bonds is 6. The summed E-state index contributed by atoms with van der Waals surface area (Å²) in [6.07, 6.45) is -0.450. The molecule has 0 spiro atoms. The first-order valence-corrected chi connectivity index (χ1v) is 8.03. The van der Waals surface area contributed by atoms with Crippen LogP contribution in [0.5, 0.6) is 5.75 Å². The van der Waals surface area contributed by atoms with E-state index in [0.29, 0.717) is 11.3 Å². The number of hydrogen-bond acceptors (Lipinski definition) is 6. The summed E-state index contributed by atoms with van der Waals surface area (Å²) in [4.78, 5) is 14.5. The second-order valence-electron chi connectivity index (χ2n) is 3.92. The molecule has 2 N–H and O–H groups in total. The molecule has 1 aromatic heterocycles. The van der Waals surface area contributed by atoms with Crippen molar-refractivity contribution in [3.8, 4) is 5.75 Å². The van der Waals surface area contributed by atoms with Crippen LogP contribution in [0.2, 0.25) is 0 Å². The minimum atomic E-state index is -3.71. The Balaban J connectivity index is 2.19. The lowest BCUT2D eigenvalue weighted by atomic mass is 10.3. The fourth-order valence-corrected chi connectivity index (χ4v) is 3.63. The minimum Gasteiger partial charge on any atom is -0.497 e. The van der Waals surface area contributed by atoms with Gasteiger partial charge in [-0.2, -0.15) is 0 Å². The van der Waals surface area contributed by atoms with Crippen molar-refractivity contribution < 1.29 is 23.1 Å². The SMILES string of the molecule is COc1ccc2nc(NS(=O)(=O)CCC(=O)O)sc2c1. The van der Waals surface area contributed by atoms with Gasteiger partial charge in [0.25, 0.3) is 0 Å². The molecule has 0 fully saturated rings. The van der Waals surface area contributed by atoms with Crippen molar-refractivity contribution in [2.24, 2.45) is 0 Å². The number of benzene rings is 1. The third kappa shape index (κ3) is 3.58. The Kier molecular flexibility index (Phi) is 4.09. The van der Waals surface area contributed by atoms with E-state index in [0.717, 1.165) is 16.0 Å². The number of fused-ring (bicyclic) bond motifs is 1. The number of carboxylic acid groups (broad SMARTS) is 1. The standard InChI is InChI=1S/C11H12N2O5S2/c1-18-7-2-3-8-9(6-7)19-11(12-8)13-20(16,17)5-4-10(14)15/h2-3,6H,4-5H2,1H3,(H,12,13)(H,14,15). The number of sulfonamides is 1. The van der Waals surface area contributed by atoms with Crippen LogP contribution < -0.4 is 9.46 Å². The smallest absolute Gasteiger partial charge is 0.304 e. The number of nitrogens with zero attached hydrogens (tertiary/aromatic N) is 1. The van der Waals surface area contributed by atoms with Crippen LogP contribution in [0.25, 0.3) is 10.2 Å². The third-order valence-electron chi connectivity index (χ3n) is 2.42. The van der Waals surface area contributed by atoms with Crippen LogP contribution in [0.1, 0.15) is 6.42 Å². The van der Waals surface area contributed by atoms with Crippen molar-refractivity contribution in [1.29, 1.82) is 0 Å². The van der Waals surface area contributed by atoms with Crippen molar-refractivity contribution in [2.45, 2.75) is 6.42 Å². The van der Waals surface area contributed by atoms with Crippen LogP contribution in [-0.2, 0) is 14.8 Å². The highest BCUT2D eigenvalue weighted by Gasteiger charge is 2.15. The molecule has 0 unspecified atom stereocenters. The van der Waals surface area contributed by atoms with E-state index >= 15 is 0 Å². The van der Waals surface area contributed by atoms with Crippen molar-refractivity contribution >= 4 is 42.7 Å². The molecule has 0 aliphatic carbocycles. The molecule has 0 radical (unpaired) electrons.